The predicted molar refractivity (Wildman–Crippen MR) is 103 cm³/mol. The molecule has 10 heteroatoms. The van der Waals surface area contributed by atoms with E-state index in [0.29, 0.717) is 12.2 Å². The Bertz CT molecular complexity index is 997. The smallest absolute Gasteiger partial charge is 0.271 e. The van der Waals surface area contributed by atoms with Crippen LogP contribution in [0.4, 0.5) is 5.69 Å². The first kappa shape index (κ1) is 20.0. The van der Waals surface area contributed by atoms with Gasteiger partial charge in [0.15, 0.2) is 5.69 Å². The van der Waals surface area contributed by atoms with Crippen molar-refractivity contribution in [1.82, 2.24) is 14.5 Å². The zero-order chi connectivity index (χ0) is 20.5. The highest BCUT2D eigenvalue weighted by Crippen LogP contribution is 2.25. The van der Waals surface area contributed by atoms with Gasteiger partial charge in [-0.2, -0.15) is 9.40 Å². The lowest BCUT2D eigenvalue weighted by atomic mass is 10.1. The number of hydrogen-bond donors (Lipinski definition) is 3. The second kappa shape index (κ2) is 7.72. The van der Waals surface area contributed by atoms with E-state index in [-0.39, 0.29) is 27.9 Å². The Morgan fingerprint density at radius 3 is 2.54 bits per heavy atom. The molecule has 150 valence electrons. The minimum atomic E-state index is -3.60. The molecule has 9 nitrogen and oxygen atoms in total. The van der Waals surface area contributed by atoms with Crippen LogP contribution >= 0.6 is 0 Å². The second-order valence-corrected chi connectivity index (χ2v) is 8.77. The van der Waals surface area contributed by atoms with Crippen molar-refractivity contribution in [2.24, 2.45) is 5.73 Å². The minimum Gasteiger partial charge on any atom is -0.364 e. The number of sulfonamides is 1. The lowest BCUT2D eigenvalue weighted by Crippen LogP contribution is -2.41. The third-order valence-corrected chi connectivity index (χ3v) is 6.91. The number of nitrogens with two attached hydrogens (primary N) is 1. The Labute approximate surface area is 163 Å². The summed E-state index contributed by atoms with van der Waals surface area (Å²) in [5.74, 6) is -1.26. The molecule has 1 fully saturated rings. The Hall–Kier alpha value is -2.72. The summed E-state index contributed by atoms with van der Waals surface area (Å²) in [5, 5.41) is 8.95. The first-order valence-electron chi connectivity index (χ1n) is 9.00. The number of benzene rings is 1. The number of carbonyl (C=O) groups is 2. The van der Waals surface area contributed by atoms with Crippen LogP contribution in [-0.2, 0) is 10.0 Å². The molecule has 1 atom stereocenters. The number of piperidine rings is 1. The van der Waals surface area contributed by atoms with Crippen molar-refractivity contribution < 1.29 is 18.0 Å². The van der Waals surface area contributed by atoms with Gasteiger partial charge in [0, 0.05) is 18.2 Å². The van der Waals surface area contributed by atoms with Crippen LogP contribution in [0.5, 0.6) is 0 Å². The van der Waals surface area contributed by atoms with Crippen LogP contribution in [0.2, 0.25) is 0 Å². The van der Waals surface area contributed by atoms with E-state index in [4.69, 9.17) is 5.73 Å². The van der Waals surface area contributed by atoms with Gasteiger partial charge in [-0.3, -0.25) is 14.7 Å². The fourth-order valence-electron chi connectivity index (χ4n) is 3.29. The summed E-state index contributed by atoms with van der Waals surface area (Å²) in [5.41, 5.74) is 6.13. The molecular weight excluding hydrogens is 382 g/mol. The van der Waals surface area contributed by atoms with Gasteiger partial charge < -0.3 is 11.1 Å². The van der Waals surface area contributed by atoms with Crippen LogP contribution in [0, 0.1) is 6.92 Å². The van der Waals surface area contributed by atoms with Crippen molar-refractivity contribution in [3.8, 4) is 0 Å². The van der Waals surface area contributed by atoms with Crippen LogP contribution in [0.1, 0.15) is 52.7 Å². The maximum Gasteiger partial charge on any atom is 0.271 e. The van der Waals surface area contributed by atoms with Gasteiger partial charge >= 0.3 is 0 Å². The number of nitrogens with zero attached hydrogens (tertiary/aromatic N) is 2. The van der Waals surface area contributed by atoms with Crippen molar-refractivity contribution in [1.29, 1.82) is 0 Å². The van der Waals surface area contributed by atoms with Gasteiger partial charge in [0.1, 0.15) is 0 Å². The molecule has 1 aliphatic heterocycles. The maximum atomic E-state index is 12.9. The molecule has 0 saturated carbocycles. The average molecular weight is 405 g/mol. The fourth-order valence-corrected chi connectivity index (χ4v) is 4.99. The van der Waals surface area contributed by atoms with E-state index in [2.05, 4.69) is 15.5 Å². The van der Waals surface area contributed by atoms with Crippen molar-refractivity contribution in [3.63, 3.8) is 0 Å². The van der Waals surface area contributed by atoms with E-state index in [1.54, 1.807) is 6.92 Å². The van der Waals surface area contributed by atoms with Crippen LogP contribution in [0.3, 0.4) is 0 Å². The summed E-state index contributed by atoms with van der Waals surface area (Å²) in [6, 6.07) is 5.68. The van der Waals surface area contributed by atoms with Gasteiger partial charge in [-0.15, -0.1) is 0 Å². The zero-order valence-corrected chi connectivity index (χ0v) is 16.5. The molecule has 1 aromatic carbocycles. The number of H-pyrrole nitrogens is 1. The number of rotatable bonds is 5. The summed E-state index contributed by atoms with van der Waals surface area (Å²) in [6.07, 6.45) is 2.70. The van der Waals surface area contributed by atoms with Gasteiger partial charge in [-0.25, -0.2) is 8.42 Å². The highest BCUT2D eigenvalue weighted by molar-refractivity contribution is 7.89. The molecule has 28 heavy (non-hydrogen) atoms. The monoisotopic (exact) mass is 405 g/mol. The molecule has 1 saturated heterocycles. The molecule has 2 heterocycles. The number of aryl methyl sites for hydroxylation is 1. The molecule has 2 amide bonds. The maximum absolute atomic E-state index is 12.9. The van der Waals surface area contributed by atoms with Crippen molar-refractivity contribution in [2.75, 3.05) is 11.9 Å². The summed E-state index contributed by atoms with van der Waals surface area (Å²) in [4.78, 5) is 24.0. The summed E-state index contributed by atoms with van der Waals surface area (Å²) in [6.45, 7) is 4.05. The molecule has 1 unspecified atom stereocenters. The Balaban J connectivity index is 1.80. The van der Waals surface area contributed by atoms with Crippen molar-refractivity contribution >= 4 is 27.5 Å². The molecule has 4 N–H and O–H groups in total. The van der Waals surface area contributed by atoms with Gasteiger partial charge in [-0.1, -0.05) is 6.42 Å². The number of carbonyl (C=O) groups excluding carboxylic acids is 2. The molecule has 0 spiro atoms. The first-order chi connectivity index (χ1) is 13.2. The van der Waals surface area contributed by atoms with E-state index in [0.717, 1.165) is 19.3 Å². The highest BCUT2D eigenvalue weighted by atomic mass is 32.2. The predicted octanol–water partition coefficient (Wildman–Crippen LogP) is 1.63. The van der Waals surface area contributed by atoms with E-state index in [1.807, 2.05) is 6.92 Å². The zero-order valence-electron chi connectivity index (χ0n) is 15.7. The SMILES string of the molecule is Cc1[nH]nc(C(N)=O)c1NC(=O)c1ccc(S(=O)(=O)N2CCCCC2C)cc1. The Morgan fingerprint density at radius 1 is 1.25 bits per heavy atom. The van der Waals surface area contributed by atoms with Gasteiger partial charge in [0.25, 0.3) is 11.8 Å². The van der Waals surface area contributed by atoms with E-state index in [1.165, 1.54) is 28.6 Å². The molecule has 1 aliphatic rings. The molecule has 1 aromatic heterocycles. The lowest BCUT2D eigenvalue weighted by molar-refractivity contribution is 0.0996. The van der Waals surface area contributed by atoms with Crippen molar-refractivity contribution in [3.05, 3.63) is 41.2 Å². The Morgan fingerprint density at radius 2 is 1.93 bits per heavy atom. The van der Waals surface area contributed by atoms with E-state index in [9.17, 15) is 18.0 Å². The van der Waals surface area contributed by atoms with Gasteiger partial charge in [-0.05, 0) is 51.0 Å². The molecule has 0 aliphatic carbocycles. The lowest BCUT2D eigenvalue weighted by Gasteiger charge is -2.32. The van der Waals surface area contributed by atoms with E-state index < -0.39 is 21.8 Å². The molecule has 3 rings (SSSR count). The normalized spacial score (nSPS) is 18.0. The molecule has 0 bridgehead atoms. The summed E-state index contributed by atoms with van der Waals surface area (Å²) < 4.78 is 27.2. The van der Waals surface area contributed by atoms with Crippen LogP contribution in [0.15, 0.2) is 29.2 Å². The average Bonchev–Trinajstić information content (AvgIpc) is 3.02. The number of anilines is 1. The Kier molecular flexibility index (Phi) is 5.52. The third kappa shape index (κ3) is 3.78. The van der Waals surface area contributed by atoms with Crippen LogP contribution < -0.4 is 11.1 Å². The molecule has 2 aromatic rings. The van der Waals surface area contributed by atoms with Crippen molar-refractivity contribution in [2.45, 2.75) is 44.0 Å². The number of nitrogens with one attached hydrogen (secondary N) is 2. The number of aromatic nitrogens is 2. The first-order valence-corrected chi connectivity index (χ1v) is 10.4. The topological polar surface area (TPSA) is 138 Å². The quantitative estimate of drug-likeness (QED) is 0.694. The fraction of sp³-hybridized carbons (Fsp3) is 0.389. The number of amides is 2. The third-order valence-electron chi connectivity index (χ3n) is 4.88. The van der Waals surface area contributed by atoms with Crippen LogP contribution in [-0.4, -0.2) is 47.3 Å². The van der Waals surface area contributed by atoms with Gasteiger partial charge in [0.05, 0.1) is 16.3 Å². The number of hydrogen-bond acceptors (Lipinski definition) is 5. The summed E-state index contributed by atoms with van der Waals surface area (Å²) in [7, 11) is -3.60. The van der Waals surface area contributed by atoms with Crippen LogP contribution in [0.25, 0.3) is 0 Å². The number of primary amides is 1. The van der Waals surface area contributed by atoms with Gasteiger partial charge in [0.2, 0.25) is 10.0 Å². The standard InChI is InChI=1S/C18H23N5O4S/c1-11-5-3-4-10-23(11)28(26,27)14-8-6-13(7-9-14)18(25)20-15-12(2)21-22-16(15)17(19)24/h6-9,11H,3-5,10H2,1-2H3,(H2,19,24)(H,20,25)(H,21,22). The molecule has 0 radical (unpaired) electrons. The van der Waals surface area contributed by atoms with E-state index >= 15 is 0 Å². The second-order valence-electron chi connectivity index (χ2n) is 6.88. The number of aromatic amines is 1. The minimum absolute atomic E-state index is 0.0435. The largest absolute Gasteiger partial charge is 0.364 e. The highest BCUT2D eigenvalue weighted by Gasteiger charge is 2.31. The summed E-state index contributed by atoms with van der Waals surface area (Å²) >= 11 is 0. The molecular formula is C18H23N5O4S.